The highest BCUT2D eigenvalue weighted by Gasteiger charge is 2.47. The molecule has 0 spiro atoms. The number of unbranched alkanes of at least 4 members (excludes halogenated alkanes) is 1. The molecule has 0 aliphatic carbocycles. The van der Waals surface area contributed by atoms with Gasteiger partial charge in [0.1, 0.15) is 12.4 Å². The lowest BCUT2D eigenvalue weighted by atomic mass is 10.1. The number of alkyl halides is 3. The van der Waals surface area contributed by atoms with Crippen LogP contribution in [0.3, 0.4) is 0 Å². The fourth-order valence-electron chi connectivity index (χ4n) is 2.70. The number of carbonyl (C=O) groups excluding carboxylic acids is 2. The van der Waals surface area contributed by atoms with Crippen molar-refractivity contribution in [3.8, 4) is 5.75 Å². The van der Waals surface area contributed by atoms with E-state index in [1.807, 2.05) is 30.3 Å². The fraction of sp³-hybridized carbons (Fsp3) is 0.391. The molecule has 5 nitrogen and oxygen atoms in total. The standard InChI is InChI=1S/C23H25F3O5/c1-2-29-15-7-6-10-20(27)21(23(24,25)26)31-22(28)18-11-13-19(14-12-18)30-16-17-8-4-3-5-9-17/h3-5,8-9,11-14,21H,2,6-7,10,15-16H2,1H3. The average Bonchev–Trinajstić information content (AvgIpc) is 2.76. The van der Waals surface area contributed by atoms with Crippen molar-refractivity contribution in [2.24, 2.45) is 0 Å². The molecule has 0 fully saturated rings. The first-order valence-electron chi connectivity index (χ1n) is 9.96. The Labute approximate surface area is 179 Å². The molecular weight excluding hydrogens is 413 g/mol. The van der Waals surface area contributed by atoms with Gasteiger partial charge in [-0.2, -0.15) is 13.2 Å². The molecule has 1 unspecified atom stereocenters. The Hall–Kier alpha value is -2.87. The van der Waals surface area contributed by atoms with Crippen molar-refractivity contribution >= 4 is 11.8 Å². The molecule has 0 aliphatic heterocycles. The van der Waals surface area contributed by atoms with Gasteiger partial charge in [0.2, 0.25) is 0 Å². The van der Waals surface area contributed by atoms with Gasteiger partial charge in [0.15, 0.2) is 5.78 Å². The second kappa shape index (κ2) is 12.1. The Morgan fingerprint density at radius 1 is 0.968 bits per heavy atom. The zero-order chi connectivity index (χ0) is 22.7. The van der Waals surface area contributed by atoms with Crippen LogP contribution in [0.25, 0.3) is 0 Å². The van der Waals surface area contributed by atoms with Crippen molar-refractivity contribution in [1.82, 2.24) is 0 Å². The Morgan fingerprint density at radius 2 is 1.65 bits per heavy atom. The predicted molar refractivity (Wildman–Crippen MR) is 108 cm³/mol. The average molecular weight is 438 g/mol. The summed E-state index contributed by atoms with van der Waals surface area (Å²) in [7, 11) is 0. The van der Waals surface area contributed by atoms with Crippen LogP contribution in [0.4, 0.5) is 13.2 Å². The normalized spacial score (nSPS) is 12.3. The van der Waals surface area contributed by atoms with Gasteiger partial charge in [-0.3, -0.25) is 4.79 Å². The van der Waals surface area contributed by atoms with Crippen LogP contribution >= 0.6 is 0 Å². The molecule has 2 rings (SSSR count). The number of rotatable bonds is 12. The molecule has 2 aromatic carbocycles. The Balaban J connectivity index is 1.92. The summed E-state index contributed by atoms with van der Waals surface area (Å²) in [4.78, 5) is 24.2. The van der Waals surface area contributed by atoms with E-state index in [4.69, 9.17) is 9.47 Å². The summed E-state index contributed by atoms with van der Waals surface area (Å²) in [5, 5.41) is 0. The van der Waals surface area contributed by atoms with E-state index in [1.165, 1.54) is 24.3 Å². The molecule has 0 heterocycles. The Bertz CT molecular complexity index is 819. The Morgan fingerprint density at radius 3 is 2.26 bits per heavy atom. The van der Waals surface area contributed by atoms with Crippen molar-refractivity contribution in [3.63, 3.8) is 0 Å². The van der Waals surface area contributed by atoms with Gasteiger partial charge in [-0.1, -0.05) is 30.3 Å². The van der Waals surface area contributed by atoms with Crippen LogP contribution < -0.4 is 4.74 Å². The van der Waals surface area contributed by atoms with Gasteiger partial charge in [0.25, 0.3) is 6.10 Å². The summed E-state index contributed by atoms with van der Waals surface area (Å²) >= 11 is 0. The molecular formula is C23H25F3O5. The van der Waals surface area contributed by atoms with E-state index < -0.39 is 24.0 Å². The van der Waals surface area contributed by atoms with E-state index in [0.29, 0.717) is 32.0 Å². The maximum atomic E-state index is 13.3. The molecule has 8 heteroatoms. The summed E-state index contributed by atoms with van der Waals surface area (Å²) in [6.45, 7) is 2.95. The number of hydrogen-bond donors (Lipinski definition) is 0. The van der Waals surface area contributed by atoms with Gasteiger partial charge in [-0.05, 0) is 49.6 Å². The molecule has 2 aromatic rings. The topological polar surface area (TPSA) is 61.8 Å². The summed E-state index contributed by atoms with van der Waals surface area (Å²) in [6.07, 6.45) is -7.46. The number of ketones is 1. The minimum absolute atomic E-state index is 0.106. The lowest BCUT2D eigenvalue weighted by Gasteiger charge is -2.19. The molecule has 0 saturated carbocycles. The summed E-state index contributed by atoms with van der Waals surface area (Å²) in [6, 6.07) is 14.9. The van der Waals surface area contributed by atoms with E-state index in [1.54, 1.807) is 6.92 Å². The molecule has 31 heavy (non-hydrogen) atoms. The van der Waals surface area contributed by atoms with Gasteiger partial charge in [0, 0.05) is 19.6 Å². The first-order chi connectivity index (χ1) is 14.8. The Kier molecular flexibility index (Phi) is 9.52. The molecule has 0 bridgehead atoms. The van der Waals surface area contributed by atoms with Crippen molar-refractivity contribution in [3.05, 3.63) is 65.7 Å². The largest absolute Gasteiger partial charge is 0.489 e. The van der Waals surface area contributed by atoms with Crippen molar-refractivity contribution < 1.29 is 37.0 Å². The molecule has 0 aliphatic rings. The van der Waals surface area contributed by atoms with Gasteiger partial charge in [-0.15, -0.1) is 0 Å². The first-order valence-corrected chi connectivity index (χ1v) is 9.96. The van der Waals surface area contributed by atoms with E-state index in [-0.39, 0.29) is 18.4 Å². The van der Waals surface area contributed by atoms with Gasteiger partial charge < -0.3 is 14.2 Å². The van der Waals surface area contributed by atoms with Crippen LogP contribution in [0, 0.1) is 0 Å². The minimum Gasteiger partial charge on any atom is -0.489 e. The van der Waals surface area contributed by atoms with Crippen molar-refractivity contribution in [2.75, 3.05) is 13.2 Å². The van der Waals surface area contributed by atoms with Crippen LogP contribution in [-0.4, -0.2) is 37.2 Å². The molecule has 0 radical (unpaired) electrons. The zero-order valence-electron chi connectivity index (χ0n) is 17.2. The van der Waals surface area contributed by atoms with Crippen molar-refractivity contribution in [2.45, 2.75) is 45.1 Å². The first kappa shape index (κ1) is 24.4. The molecule has 0 amide bonds. The quantitative estimate of drug-likeness (QED) is 0.340. The zero-order valence-corrected chi connectivity index (χ0v) is 17.2. The number of ether oxygens (including phenoxy) is 3. The fourth-order valence-corrected chi connectivity index (χ4v) is 2.70. The number of esters is 1. The van der Waals surface area contributed by atoms with Crippen LogP contribution in [0.15, 0.2) is 54.6 Å². The minimum atomic E-state index is -4.98. The number of carbonyl (C=O) groups is 2. The van der Waals surface area contributed by atoms with E-state index in [2.05, 4.69) is 4.74 Å². The highest BCUT2D eigenvalue weighted by Crippen LogP contribution is 2.26. The van der Waals surface area contributed by atoms with E-state index in [0.717, 1.165) is 5.56 Å². The third kappa shape index (κ3) is 8.41. The van der Waals surface area contributed by atoms with Gasteiger partial charge in [-0.25, -0.2) is 4.79 Å². The summed E-state index contributed by atoms with van der Waals surface area (Å²) in [5.74, 6) is -1.96. The van der Waals surface area contributed by atoms with Crippen LogP contribution in [0.5, 0.6) is 5.75 Å². The third-order valence-electron chi connectivity index (χ3n) is 4.32. The molecule has 1 atom stereocenters. The summed E-state index contributed by atoms with van der Waals surface area (Å²) in [5.41, 5.74) is 0.837. The number of hydrogen-bond acceptors (Lipinski definition) is 5. The molecule has 0 N–H and O–H groups in total. The van der Waals surface area contributed by atoms with Crippen LogP contribution in [-0.2, 0) is 20.9 Å². The van der Waals surface area contributed by atoms with Crippen LogP contribution in [0.1, 0.15) is 42.1 Å². The second-order valence-electron chi connectivity index (χ2n) is 6.75. The number of halogens is 3. The maximum Gasteiger partial charge on any atom is 0.432 e. The van der Waals surface area contributed by atoms with Gasteiger partial charge >= 0.3 is 12.1 Å². The highest BCUT2D eigenvalue weighted by atomic mass is 19.4. The van der Waals surface area contributed by atoms with E-state index in [9.17, 15) is 22.8 Å². The molecule has 0 saturated heterocycles. The molecule has 0 aromatic heterocycles. The van der Waals surface area contributed by atoms with Crippen molar-refractivity contribution in [1.29, 1.82) is 0 Å². The smallest absolute Gasteiger partial charge is 0.432 e. The lowest BCUT2D eigenvalue weighted by Crippen LogP contribution is -2.40. The van der Waals surface area contributed by atoms with Gasteiger partial charge in [0.05, 0.1) is 5.56 Å². The molecule has 168 valence electrons. The number of benzene rings is 2. The second-order valence-corrected chi connectivity index (χ2v) is 6.75. The SMILES string of the molecule is CCOCCCCC(=O)C(OC(=O)c1ccc(OCc2ccccc2)cc1)C(F)(F)F. The summed E-state index contributed by atoms with van der Waals surface area (Å²) < 4.78 is 55.0. The third-order valence-corrected chi connectivity index (χ3v) is 4.32. The van der Waals surface area contributed by atoms with E-state index >= 15 is 0 Å². The monoisotopic (exact) mass is 438 g/mol. The lowest BCUT2D eigenvalue weighted by molar-refractivity contribution is -0.204. The van der Waals surface area contributed by atoms with Crippen LogP contribution in [0.2, 0.25) is 0 Å². The number of Topliss-reactive ketones (excluding diaryl/α,β-unsaturated/α-hetero) is 1. The highest BCUT2D eigenvalue weighted by molar-refractivity contribution is 5.93. The maximum absolute atomic E-state index is 13.3. The predicted octanol–water partition coefficient (Wildman–Crippen LogP) is 5.13.